The van der Waals surface area contributed by atoms with Gasteiger partial charge in [-0.15, -0.1) is 0 Å². The van der Waals surface area contributed by atoms with Crippen molar-refractivity contribution >= 4 is 67.6 Å². The van der Waals surface area contributed by atoms with Crippen LogP contribution in [0.25, 0.3) is 22.6 Å². The molecule has 0 atom stereocenters. The molecule has 4 aromatic rings. The first-order chi connectivity index (χ1) is 14.9. The summed E-state index contributed by atoms with van der Waals surface area (Å²) in [6.07, 6.45) is 0. The van der Waals surface area contributed by atoms with Gasteiger partial charge in [-0.2, -0.15) is 0 Å². The van der Waals surface area contributed by atoms with Crippen molar-refractivity contribution in [3.63, 3.8) is 0 Å². The first kappa shape index (κ1) is 21.3. The number of nitrogens with one attached hydrogen (secondary N) is 2. The normalized spacial score (nSPS) is 10.7. The molecule has 0 saturated carbocycles. The van der Waals surface area contributed by atoms with Crippen molar-refractivity contribution in [3.8, 4) is 17.2 Å². The highest BCUT2D eigenvalue weighted by Gasteiger charge is 2.13. The number of hydrogen-bond acceptors (Lipinski definition) is 5. The molecule has 0 fully saturated rings. The van der Waals surface area contributed by atoms with Gasteiger partial charge in [0.25, 0.3) is 5.91 Å². The molecule has 31 heavy (non-hydrogen) atoms. The Bertz CT molecular complexity index is 1310. The van der Waals surface area contributed by atoms with Crippen LogP contribution in [-0.4, -0.2) is 23.1 Å². The number of nitrogens with zero attached hydrogens (tertiary/aromatic N) is 1. The molecule has 3 aromatic carbocycles. The molecule has 1 heterocycles. The lowest BCUT2D eigenvalue weighted by molar-refractivity contribution is 0.0978. The summed E-state index contributed by atoms with van der Waals surface area (Å²) < 4.78 is 11.9. The smallest absolute Gasteiger partial charge is 0.258 e. The van der Waals surface area contributed by atoms with Crippen LogP contribution in [0.4, 0.5) is 5.69 Å². The van der Waals surface area contributed by atoms with E-state index in [1.54, 1.807) is 49.6 Å². The Balaban J connectivity index is 1.50. The van der Waals surface area contributed by atoms with Crippen LogP contribution in [0.1, 0.15) is 10.4 Å². The van der Waals surface area contributed by atoms with Gasteiger partial charge in [-0.05, 0) is 76.7 Å². The molecule has 156 valence electrons. The highest BCUT2D eigenvalue weighted by Crippen LogP contribution is 2.32. The van der Waals surface area contributed by atoms with Crippen molar-refractivity contribution in [1.82, 2.24) is 10.3 Å². The standard InChI is InChI=1S/C22H15BrClN3O3S/c1-29-18-8-6-12(10-15(18)23)21-26-17-11-13(7-9-19(17)30-21)25-22(31)27-20(28)14-4-2-3-5-16(14)24/h2-11H,1H3,(H2,25,27,28,31). The van der Waals surface area contributed by atoms with E-state index in [4.69, 9.17) is 33.0 Å². The maximum Gasteiger partial charge on any atom is 0.258 e. The number of amides is 1. The highest BCUT2D eigenvalue weighted by atomic mass is 79.9. The van der Waals surface area contributed by atoms with Gasteiger partial charge >= 0.3 is 0 Å². The minimum Gasteiger partial charge on any atom is -0.496 e. The van der Waals surface area contributed by atoms with E-state index in [0.29, 0.717) is 33.3 Å². The zero-order chi connectivity index (χ0) is 22.0. The van der Waals surface area contributed by atoms with Crippen LogP contribution in [0.5, 0.6) is 5.75 Å². The Hall–Kier alpha value is -2.94. The number of benzene rings is 3. The molecule has 6 nitrogen and oxygen atoms in total. The minimum absolute atomic E-state index is 0.145. The molecule has 2 N–H and O–H groups in total. The average Bonchev–Trinajstić information content (AvgIpc) is 3.17. The monoisotopic (exact) mass is 515 g/mol. The SMILES string of the molecule is COc1ccc(-c2nc3cc(NC(=S)NC(=O)c4ccccc4Cl)ccc3o2)cc1Br. The molecule has 1 amide bonds. The van der Waals surface area contributed by atoms with Crippen molar-refractivity contribution in [2.24, 2.45) is 0 Å². The van der Waals surface area contributed by atoms with Gasteiger partial charge in [0, 0.05) is 11.3 Å². The van der Waals surface area contributed by atoms with Crippen LogP contribution in [0.3, 0.4) is 0 Å². The van der Waals surface area contributed by atoms with Crippen molar-refractivity contribution in [3.05, 3.63) is 75.7 Å². The molecule has 0 aliphatic heterocycles. The first-order valence-corrected chi connectivity index (χ1v) is 10.6. The van der Waals surface area contributed by atoms with Gasteiger partial charge in [0.15, 0.2) is 10.7 Å². The fraction of sp³-hybridized carbons (Fsp3) is 0.0455. The molecule has 0 aliphatic rings. The number of hydrogen-bond donors (Lipinski definition) is 2. The van der Waals surface area contributed by atoms with Crippen molar-refractivity contribution in [2.45, 2.75) is 0 Å². The van der Waals surface area contributed by atoms with E-state index in [-0.39, 0.29) is 5.11 Å². The molecule has 0 radical (unpaired) electrons. The molecular formula is C22H15BrClN3O3S. The summed E-state index contributed by atoms with van der Waals surface area (Å²) in [4.78, 5) is 16.9. The van der Waals surface area contributed by atoms with Crippen LogP contribution in [-0.2, 0) is 0 Å². The summed E-state index contributed by atoms with van der Waals surface area (Å²) in [5, 5.41) is 6.09. The minimum atomic E-state index is -0.391. The number of fused-ring (bicyclic) bond motifs is 1. The molecule has 9 heteroatoms. The lowest BCUT2D eigenvalue weighted by atomic mass is 10.2. The Morgan fingerprint density at radius 2 is 1.97 bits per heavy atom. The molecule has 0 saturated heterocycles. The molecular weight excluding hydrogens is 502 g/mol. The van der Waals surface area contributed by atoms with Gasteiger partial charge in [0.1, 0.15) is 11.3 Å². The van der Waals surface area contributed by atoms with Gasteiger partial charge in [-0.25, -0.2) is 4.98 Å². The van der Waals surface area contributed by atoms with Crippen LogP contribution in [0, 0.1) is 0 Å². The number of rotatable bonds is 4. The first-order valence-electron chi connectivity index (χ1n) is 9.06. The zero-order valence-corrected chi connectivity index (χ0v) is 19.3. The topological polar surface area (TPSA) is 76.4 Å². The number of aromatic nitrogens is 1. The number of methoxy groups -OCH3 is 1. The van der Waals surface area contributed by atoms with Crippen molar-refractivity contribution in [2.75, 3.05) is 12.4 Å². The van der Waals surface area contributed by atoms with E-state index in [1.165, 1.54) is 0 Å². The van der Waals surface area contributed by atoms with E-state index < -0.39 is 5.91 Å². The number of carbonyl (C=O) groups is 1. The van der Waals surface area contributed by atoms with Crippen LogP contribution >= 0.6 is 39.7 Å². The third-order valence-electron chi connectivity index (χ3n) is 4.39. The summed E-state index contributed by atoms with van der Waals surface area (Å²) in [5.41, 5.74) is 3.08. The molecule has 0 bridgehead atoms. The number of oxazole rings is 1. The fourth-order valence-corrected chi connectivity index (χ4v) is 3.88. The van der Waals surface area contributed by atoms with Gasteiger partial charge < -0.3 is 14.5 Å². The summed E-state index contributed by atoms with van der Waals surface area (Å²) in [5.74, 6) is 0.807. The van der Waals surface area contributed by atoms with Gasteiger partial charge in [-0.3, -0.25) is 10.1 Å². The largest absolute Gasteiger partial charge is 0.496 e. The Kier molecular flexibility index (Phi) is 6.22. The van der Waals surface area contributed by atoms with E-state index in [1.807, 2.05) is 18.2 Å². The number of halogens is 2. The van der Waals surface area contributed by atoms with Gasteiger partial charge in [0.05, 0.1) is 22.2 Å². The van der Waals surface area contributed by atoms with Crippen molar-refractivity contribution in [1.29, 1.82) is 0 Å². The number of ether oxygens (including phenoxy) is 1. The summed E-state index contributed by atoms with van der Waals surface area (Å²) in [6.45, 7) is 0. The summed E-state index contributed by atoms with van der Waals surface area (Å²) >= 11 is 14.8. The molecule has 0 unspecified atom stereocenters. The van der Waals surface area contributed by atoms with Crippen LogP contribution in [0.2, 0.25) is 5.02 Å². The molecule has 0 aliphatic carbocycles. The predicted octanol–water partition coefficient (Wildman–Crippen LogP) is 6.05. The van der Waals surface area contributed by atoms with E-state index in [9.17, 15) is 4.79 Å². The third kappa shape index (κ3) is 4.71. The summed E-state index contributed by atoms with van der Waals surface area (Å²) in [6, 6.07) is 17.7. The second kappa shape index (κ2) is 9.05. The second-order valence-electron chi connectivity index (χ2n) is 6.44. The lowest BCUT2D eigenvalue weighted by Crippen LogP contribution is -2.34. The predicted molar refractivity (Wildman–Crippen MR) is 129 cm³/mol. The van der Waals surface area contributed by atoms with Gasteiger partial charge in [0.2, 0.25) is 5.89 Å². The van der Waals surface area contributed by atoms with E-state index in [2.05, 4.69) is 31.5 Å². The van der Waals surface area contributed by atoms with Crippen LogP contribution < -0.4 is 15.4 Å². The quantitative estimate of drug-likeness (QED) is 0.322. The second-order valence-corrected chi connectivity index (χ2v) is 8.11. The molecule has 0 spiro atoms. The Labute approximate surface area is 196 Å². The fourth-order valence-electron chi connectivity index (χ4n) is 2.91. The maximum atomic E-state index is 12.3. The van der Waals surface area contributed by atoms with E-state index in [0.717, 1.165) is 15.8 Å². The Morgan fingerprint density at radius 1 is 1.16 bits per heavy atom. The maximum absolute atomic E-state index is 12.3. The lowest BCUT2D eigenvalue weighted by Gasteiger charge is -2.10. The van der Waals surface area contributed by atoms with Gasteiger partial charge in [-0.1, -0.05) is 23.7 Å². The zero-order valence-electron chi connectivity index (χ0n) is 16.1. The Morgan fingerprint density at radius 3 is 2.71 bits per heavy atom. The van der Waals surface area contributed by atoms with Crippen LogP contribution in [0.15, 0.2) is 69.6 Å². The van der Waals surface area contributed by atoms with Crippen molar-refractivity contribution < 1.29 is 13.9 Å². The number of carbonyl (C=O) groups excluding carboxylic acids is 1. The third-order valence-corrected chi connectivity index (χ3v) is 5.54. The number of thiocarbonyl (C=S) groups is 1. The molecule has 1 aromatic heterocycles. The number of anilines is 1. The average molecular weight is 517 g/mol. The molecule has 4 rings (SSSR count). The summed E-state index contributed by atoms with van der Waals surface area (Å²) in [7, 11) is 1.61. The highest BCUT2D eigenvalue weighted by molar-refractivity contribution is 9.10. The van der Waals surface area contributed by atoms with E-state index >= 15 is 0 Å².